The van der Waals surface area contributed by atoms with Crippen LogP contribution in [0, 0.1) is 17.9 Å². The van der Waals surface area contributed by atoms with Crippen LogP contribution in [0.25, 0.3) is 73.5 Å². The molecule has 4 aromatic heterocycles. The summed E-state index contributed by atoms with van der Waals surface area (Å²) < 4.78 is 4.07. The molecule has 0 unspecified atom stereocenters. The molecule has 0 N–H and O–H groups in total. The molecule has 358 valence electrons. The molecule has 0 aliphatic carbocycles. The van der Waals surface area contributed by atoms with Crippen molar-refractivity contribution in [2.75, 3.05) is 36.0 Å². The second-order valence-corrected chi connectivity index (χ2v) is 23.5. The Morgan fingerprint density at radius 1 is 0.528 bits per heavy atom. The monoisotopic (exact) mass is 944 g/mol. The van der Waals surface area contributed by atoms with Crippen molar-refractivity contribution < 1.29 is 0 Å². The van der Waals surface area contributed by atoms with E-state index in [9.17, 15) is 14.9 Å². The Morgan fingerprint density at radius 3 is 1.29 bits per heavy atom. The number of hydrogen-bond acceptors (Lipinski definition) is 5. The van der Waals surface area contributed by atoms with Gasteiger partial charge >= 0.3 is 0 Å². The second kappa shape index (κ2) is 15.9. The normalized spacial score (nSPS) is 18.2. The largest absolute Gasteiger partial charge is 0.371 e. The zero-order valence-corrected chi connectivity index (χ0v) is 42.7. The van der Waals surface area contributed by atoms with Crippen LogP contribution in [0.3, 0.4) is 0 Å². The molecule has 4 aromatic carbocycles. The van der Waals surface area contributed by atoms with Crippen molar-refractivity contribution in [2.45, 2.75) is 103 Å². The summed E-state index contributed by atoms with van der Waals surface area (Å²) in [5, 5.41) is 12.4. The maximum atomic E-state index is 14.6. The van der Waals surface area contributed by atoms with Gasteiger partial charge in [0.25, 0.3) is 5.69 Å². The fourth-order valence-electron chi connectivity index (χ4n) is 12.8. The lowest BCUT2D eigenvalue weighted by molar-refractivity contribution is 0.401. The lowest BCUT2D eigenvalue weighted by Gasteiger charge is -2.48. The smallest absolute Gasteiger partial charge is 0.257 e. The second-order valence-electron chi connectivity index (χ2n) is 23.5. The molecule has 0 atom stereocenters. The predicted octanol–water partition coefficient (Wildman–Crippen LogP) is 13.9. The standard InChI is InChI=1S/C64H60N6O2/c1-61(2)24-28-67-29-25-62(3,4)47-33-39(32-46(61)58(47)67)20-22-43-36-50(71)45(38-65)57-52-53(56(69(43)57)42-18-14-11-15-19-42)60-54(66-9)51(72)37-44(70(60)55(52)41-16-12-10-13-17-41)23-21-40-34-48-59-49(35-40)64(7,8)27-31-68(59)30-26-63(48,5)6/h10-23,32-37H,24-31H2,1-8H3. The number of nitriles is 1. The number of aromatic nitrogens is 2. The number of nitrogens with zero attached hydrogens (tertiary/aromatic N) is 6. The molecule has 12 rings (SSSR count). The third kappa shape index (κ3) is 6.75. The maximum Gasteiger partial charge on any atom is 0.257 e. The van der Waals surface area contributed by atoms with Gasteiger partial charge in [-0.15, -0.1) is 0 Å². The summed E-state index contributed by atoms with van der Waals surface area (Å²) in [7, 11) is 0. The van der Waals surface area contributed by atoms with Gasteiger partial charge < -0.3 is 23.4 Å². The Hall–Kier alpha value is -7.68. The molecule has 8 nitrogen and oxygen atoms in total. The molecule has 0 bridgehead atoms. The number of rotatable bonds is 6. The van der Waals surface area contributed by atoms with E-state index in [1.807, 2.05) is 81.6 Å². The van der Waals surface area contributed by atoms with E-state index in [2.05, 4.69) is 113 Å². The minimum Gasteiger partial charge on any atom is -0.371 e. The van der Waals surface area contributed by atoms with Crippen molar-refractivity contribution in [2.24, 2.45) is 0 Å². The van der Waals surface area contributed by atoms with E-state index in [0.29, 0.717) is 44.6 Å². The molecule has 8 heteroatoms. The van der Waals surface area contributed by atoms with E-state index in [4.69, 9.17) is 6.57 Å². The summed E-state index contributed by atoms with van der Waals surface area (Å²) in [5.74, 6) is 0. The summed E-state index contributed by atoms with van der Waals surface area (Å²) in [6.07, 6.45) is 12.5. The minimum atomic E-state index is -0.396. The number of fused-ring (bicyclic) bond motifs is 5. The average Bonchev–Trinajstić information content (AvgIpc) is 3.88. The first-order valence-corrected chi connectivity index (χ1v) is 25.7. The fourth-order valence-corrected chi connectivity index (χ4v) is 12.8. The van der Waals surface area contributed by atoms with E-state index in [0.717, 1.165) is 74.1 Å². The third-order valence-electron chi connectivity index (χ3n) is 17.2. The van der Waals surface area contributed by atoms with Gasteiger partial charge in [0.05, 0.1) is 34.7 Å². The molecule has 0 saturated heterocycles. The fraction of sp³-hybridized carbons (Fsp3) is 0.312. The molecule has 72 heavy (non-hydrogen) atoms. The first kappa shape index (κ1) is 45.5. The Bertz CT molecular complexity index is 3550. The Kier molecular flexibility index (Phi) is 10.0. The highest BCUT2D eigenvalue weighted by atomic mass is 16.1. The van der Waals surface area contributed by atoms with Gasteiger partial charge in [0.2, 0.25) is 5.43 Å². The predicted molar refractivity (Wildman–Crippen MR) is 297 cm³/mol. The summed E-state index contributed by atoms with van der Waals surface area (Å²) >= 11 is 0. The van der Waals surface area contributed by atoms with Gasteiger partial charge in [0.15, 0.2) is 5.43 Å². The topological polar surface area (TPSA) is 77.6 Å². The molecule has 4 aliphatic heterocycles. The number of pyridine rings is 2. The van der Waals surface area contributed by atoms with Crippen molar-refractivity contribution in [1.29, 1.82) is 5.26 Å². The Morgan fingerprint density at radius 2 is 0.903 bits per heavy atom. The van der Waals surface area contributed by atoms with E-state index in [-0.39, 0.29) is 32.9 Å². The van der Waals surface area contributed by atoms with Gasteiger partial charge in [0.1, 0.15) is 11.6 Å². The van der Waals surface area contributed by atoms with Crippen LogP contribution >= 0.6 is 0 Å². The van der Waals surface area contributed by atoms with E-state index < -0.39 is 10.9 Å². The van der Waals surface area contributed by atoms with Crippen LogP contribution in [-0.2, 0) is 21.7 Å². The van der Waals surface area contributed by atoms with Crippen molar-refractivity contribution >= 4 is 63.2 Å². The summed E-state index contributed by atoms with van der Waals surface area (Å²) in [4.78, 5) is 38.4. The molecule has 0 spiro atoms. The van der Waals surface area contributed by atoms with Crippen molar-refractivity contribution in [1.82, 2.24) is 8.80 Å². The quantitative estimate of drug-likeness (QED) is 0.155. The van der Waals surface area contributed by atoms with Crippen LogP contribution in [0.4, 0.5) is 17.1 Å². The van der Waals surface area contributed by atoms with Gasteiger partial charge in [-0.2, -0.15) is 5.26 Å². The molecule has 0 fully saturated rings. The molecular weight excluding hydrogens is 885 g/mol. The van der Waals surface area contributed by atoms with Crippen LogP contribution in [0.1, 0.15) is 131 Å². The lowest BCUT2D eigenvalue weighted by atomic mass is 9.69. The van der Waals surface area contributed by atoms with Gasteiger partial charge in [-0.1, -0.05) is 128 Å². The summed E-state index contributed by atoms with van der Waals surface area (Å²) in [6, 6.07) is 34.7. The zero-order chi connectivity index (χ0) is 50.2. The molecular formula is C64H60N6O2. The number of anilines is 2. The maximum absolute atomic E-state index is 14.6. The highest BCUT2D eigenvalue weighted by Gasteiger charge is 2.42. The first-order chi connectivity index (χ1) is 34.4. The van der Waals surface area contributed by atoms with Crippen LogP contribution < -0.4 is 20.7 Å². The highest BCUT2D eigenvalue weighted by Crippen LogP contribution is 2.52. The van der Waals surface area contributed by atoms with Crippen LogP contribution in [0.2, 0.25) is 0 Å². The van der Waals surface area contributed by atoms with Crippen molar-refractivity contribution in [3.05, 3.63) is 179 Å². The number of hydrogen-bond donors (Lipinski definition) is 0. The van der Waals surface area contributed by atoms with Crippen LogP contribution in [0.15, 0.2) is 107 Å². The molecule has 8 aromatic rings. The van der Waals surface area contributed by atoms with Crippen LogP contribution in [-0.4, -0.2) is 35.0 Å². The third-order valence-corrected chi connectivity index (χ3v) is 17.2. The zero-order valence-electron chi connectivity index (χ0n) is 42.7. The lowest BCUT2D eigenvalue weighted by Crippen LogP contribution is -2.44. The SMILES string of the molecule is [C-]#[N+]c1c(=O)cc(C=Cc2cc3c4c(c2)C(C)(C)CCN4CCC3(C)C)n2c(-c3ccccc3)c3c(c(-c4ccccc4)n4c(C=Cc5cc6c7c(c5)C(C)(C)CCN7CCC6(C)C)cc(=O)c(C#N)c34)c12. The van der Waals surface area contributed by atoms with Gasteiger partial charge in [-0.3, -0.25) is 4.79 Å². The van der Waals surface area contributed by atoms with E-state index in [1.165, 1.54) is 33.6 Å². The van der Waals surface area contributed by atoms with Crippen molar-refractivity contribution in [3.8, 4) is 28.6 Å². The summed E-state index contributed by atoms with van der Waals surface area (Å²) in [6.45, 7) is 31.6. The van der Waals surface area contributed by atoms with E-state index in [1.54, 1.807) is 12.1 Å². The molecule has 0 radical (unpaired) electrons. The average molecular weight is 945 g/mol. The summed E-state index contributed by atoms with van der Waals surface area (Å²) in [5.41, 5.74) is 14.5. The number of benzene rings is 4. The van der Waals surface area contributed by atoms with Crippen molar-refractivity contribution in [3.63, 3.8) is 0 Å². The Labute approximate surface area is 422 Å². The van der Waals surface area contributed by atoms with Gasteiger partial charge in [0, 0.05) is 60.1 Å². The Balaban J connectivity index is 1.17. The molecule has 8 heterocycles. The molecule has 4 aliphatic rings. The van der Waals surface area contributed by atoms with Gasteiger partial charge in [-0.25, -0.2) is 4.85 Å². The minimum absolute atomic E-state index is 0.000297. The molecule has 0 saturated carbocycles. The highest BCUT2D eigenvalue weighted by molar-refractivity contribution is 6.24. The van der Waals surface area contributed by atoms with Gasteiger partial charge in [-0.05, 0) is 134 Å². The van der Waals surface area contributed by atoms with Crippen LogP contribution in [0.5, 0.6) is 0 Å². The molecule has 0 amide bonds. The first-order valence-electron chi connectivity index (χ1n) is 25.7. The van der Waals surface area contributed by atoms with E-state index >= 15 is 0 Å².